The van der Waals surface area contributed by atoms with Gasteiger partial charge in [0.05, 0.1) is 55.3 Å². The number of carboxylic acids is 1. The SMILES string of the molecule is CCOP(=O)(C/C=C/COc1cc(N)cc(C(C)=O)c1)OCC.CCOP(=O)(C/C=C/COc1cc(N)cc([C@H](C)NB(C)O)c1)OCC.O=C(O)c1cc(O)cc([N+](=O)[O-])c1. The zero-order chi connectivity index (χ0) is 46.9. The number of rotatable bonds is 24. The maximum atomic E-state index is 12.3. The van der Waals surface area contributed by atoms with Crippen LogP contribution in [0.2, 0.25) is 6.82 Å². The molecule has 0 aliphatic carbocycles. The number of carbonyl (C=O) groups is 2. The van der Waals surface area contributed by atoms with Crippen molar-refractivity contribution in [3.8, 4) is 17.2 Å². The third-order valence-corrected chi connectivity index (χ3v) is 11.5. The van der Waals surface area contributed by atoms with Gasteiger partial charge in [-0.3, -0.25) is 24.0 Å². The van der Waals surface area contributed by atoms with Gasteiger partial charge in [0.15, 0.2) is 5.78 Å². The van der Waals surface area contributed by atoms with E-state index in [1.165, 1.54) is 6.92 Å². The highest BCUT2D eigenvalue weighted by Gasteiger charge is 2.22. The predicted octanol–water partition coefficient (Wildman–Crippen LogP) is 7.90. The number of ether oxygens (including phenoxy) is 2. The lowest BCUT2D eigenvalue weighted by Gasteiger charge is -2.17. The number of carboxylic acid groups (broad SMARTS) is 1. The number of non-ortho nitro benzene ring substituents is 1. The van der Waals surface area contributed by atoms with Crippen LogP contribution in [0, 0.1) is 10.1 Å². The zero-order valence-corrected chi connectivity index (χ0v) is 37.8. The molecule has 342 valence electrons. The first kappa shape index (κ1) is 55.0. The van der Waals surface area contributed by atoms with Gasteiger partial charge in [-0.1, -0.05) is 24.3 Å². The largest absolute Gasteiger partial charge is 0.508 e. The molecule has 0 aliphatic heterocycles. The highest BCUT2D eigenvalue weighted by atomic mass is 31.2. The fourth-order valence-electron chi connectivity index (χ4n) is 5.07. The Morgan fingerprint density at radius 2 is 1.24 bits per heavy atom. The number of nitrogens with one attached hydrogen (secondary N) is 1. The molecule has 0 bridgehead atoms. The summed E-state index contributed by atoms with van der Waals surface area (Å²) in [6.07, 6.45) is 7.32. The lowest BCUT2D eigenvalue weighted by molar-refractivity contribution is -0.385. The Morgan fingerprint density at radius 1 is 0.774 bits per heavy atom. The maximum Gasteiger partial charge on any atom is 0.374 e. The molecule has 1 atom stereocenters. The Balaban J connectivity index is 0.000000489. The number of phenols is 1. The number of anilines is 2. The van der Waals surface area contributed by atoms with Crippen LogP contribution in [0.25, 0.3) is 0 Å². The summed E-state index contributed by atoms with van der Waals surface area (Å²) >= 11 is 0. The first-order valence-electron chi connectivity index (χ1n) is 19.5. The van der Waals surface area contributed by atoms with E-state index < -0.39 is 44.6 Å². The zero-order valence-electron chi connectivity index (χ0n) is 36.1. The highest BCUT2D eigenvalue weighted by Crippen LogP contribution is 2.48. The summed E-state index contributed by atoms with van der Waals surface area (Å²) in [4.78, 5) is 31.2. The number of ketones is 1. The van der Waals surface area contributed by atoms with Gasteiger partial charge in [-0.25, -0.2) is 4.79 Å². The fraction of sp³-hybridized carbons (Fsp3) is 0.400. The van der Waals surface area contributed by atoms with Crippen LogP contribution in [0.5, 0.6) is 17.2 Å². The molecule has 0 amide bonds. The molecular formula is C40H59BN4O15P2. The van der Waals surface area contributed by atoms with Crippen molar-refractivity contribution in [3.63, 3.8) is 0 Å². The lowest BCUT2D eigenvalue weighted by Crippen LogP contribution is -2.32. The van der Waals surface area contributed by atoms with Gasteiger partial charge >= 0.3 is 28.2 Å². The minimum absolute atomic E-state index is 0.0698. The molecule has 19 nitrogen and oxygen atoms in total. The molecule has 0 saturated heterocycles. The molecule has 0 aromatic heterocycles. The van der Waals surface area contributed by atoms with Crippen LogP contribution in [0.4, 0.5) is 17.1 Å². The van der Waals surface area contributed by atoms with E-state index >= 15 is 0 Å². The van der Waals surface area contributed by atoms with Gasteiger partial charge < -0.3 is 59.5 Å². The molecule has 0 heterocycles. The van der Waals surface area contributed by atoms with Crippen molar-refractivity contribution < 1.29 is 66.4 Å². The molecule has 8 N–H and O–H groups in total. The molecule has 0 aliphatic rings. The molecular weight excluding hydrogens is 849 g/mol. The first-order chi connectivity index (χ1) is 29.2. The van der Waals surface area contributed by atoms with Crippen LogP contribution in [-0.4, -0.2) is 90.9 Å². The number of aromatic carboxylic acids is 1. The molecule has 0 saturated carbocycles. The van der Waals surface area contributed by atoms with E-state index in [4.69, 9.17) is 49.2 Å². The number of nitro groups is 1. The van der Waals surface area contributed by atoms with Crippen LogP contribution in [0.15, 0.2) is 78.9 Å². The Bertz CT molecular complexity index is 2000. The average molecular weight is 909 g/mol. The number of nitrogens with zero attached hydrogens (tertiary/aromatic N) is 1. The average Bonchev–Trinajstić information content (AvgIpc) is 3.17. The quantitative estimate of drug-likeness (QED) is 0.00946. The highest BCUT2D eigenvalue weighted by molar-refractivity contribution is 7.54. The molecule has 22 heteroatoms. The second-order valence-corrected chi connectivity index (χ2v) is 17.1. The van der Waals surface area contributed by atoms with Gasteiger partial charge in [0.25, 0.3) is 5.69 Å². The summed E-state index contributed by atoms with van der Waals surface area (Å²) in [5.74, 6) is -0.697. The summed E-state index contributed by atoms with van der Waals surface area (Å²) in [5.41, 5.74) is 13.4. The molecule has 3 aromatic carbocycles. The molecule has 62 heavy (non-hydrogen) atoms. The van der Waals surface area contributed by atoms with Crippen molar-refractivity contribution in [1.29, 1.82) is 0 Å². The Hall–Kier alpha value is -5.04. The summed E-state index contributed by atoms with van der Waals surface area (Å²) in [6.45, 7) is 14.1. The van der Waals surface area contributed by atoms with Crippen molar-refractivity contribution in [2.45, 2.75) is 54.4 Å². The Kier molecular flexibility index (Phi) is 25.3. The second kappa shape index (κ2) is 28.5. The molecule has 3 aromatic rings. The number of Topliss-reactive ketones (excluding diaryl/α,β-unsaturated/α-hetero) is 1. The number of allylic oxidation sites excluding steroid dienone is 2. The molecule has 0 fully saturated rings. The van der Waals surface area contributed by atoms with E-state index in [0.29, 0.717) is 61.5 Å². The first-order valence-corrected chi connectivity index (χ1v) is 22.9. The normalized spacial score (nSPS) is 11.9. The van der Waals surface area contributed by atoms with Gasteiger partial charge in [0.1, 0.15) is 30.5 Å². The van der Waals surface area contributed by atoms with E-state index in [2.05, 4.69) is 5.23 Å². The van der Waals surface area contributed by atoms with Crippen LogP contribution < -0.4 is 26.2 Å². The van der Waals surface area contributed by atoms with E-state index in [-0.39, 0.29) is 36.3 Å². The summed E-state index contributed by atoms with van der Waals surface area (Å²) in [6, 6.07) is 13.0. The van der Waals surface area contributed by atoms with E-state index in [1.807, 2.05) is 19.1 Å². The van der Waals surface area contributed by atoms with E-state index in [0.717, 1.165) is 23.8 Å². The number of hydrogen-bond acceptors (Lipinski definition) is 17. The van der Waals surface area contributed by atoms with Crippen molar-refractivity contribution >= 4 is 51.1 Å². The second-order valence-electron chi connectivity index (χ2n) is 12.9. The summed E-state index contributed by atoms with van der Waals surface area (Å²) in [5, 5.41) is 40.1. The van der Waals surface area contributed by atoms with Crippen molar-refractivity contribution in [2.24, 2.45) is 0 Å². The standard InChI is InChI=1S/C17H30BN2O5P.C16H24NO5P.C7H5NO5/c1-5-24-26(22,25-6-2)10-8-7-9-23-17-12-15(11-16(19)13-17)14(3)20-18(4)21;1-4-21-23(19,22-5-2)9-7-6-8-20-16-11-14(13(3)18)10-15(17)12-16;9-6-2-4(7(10)11)1-5(3-6)8(12)13/h7-8,11-14,20-21H,5-6,9-10,19H2,1-4H3;6-7,10-12H,4-5,8-9,17H2,1-3H3;1-3,9H,(H,10,11)/b8-7+;7-6+;/t14-;;/m0../s1. The minimum Gasteiger partial charge on any atom is -0.508 e. The van der Waals surface area contributed by atoms with Crippen LogP contribution in [0.3, 0.4) is 0 Å². The fourth-order valence-corrected chi connectivity index (χ4v) is 8.03. The number of carbonyl (C=O) groups excluding carboxylic acids is 1. The molecule has 0 unspecified atom stereocenters. The predicted molar refractivity (Wildman–Crippen MR) is 240 cm³/mol. The topological polar surface area (TPSA) is 292 Å². The smallest absolute Gasteiger partial charge is 0.374 e. The van der Waals surface area contributed by atoms with Crippen LogP contribution in [0.1, 0.15) is 73.9 Å². The maximum absolute atomic E-state index is 12.3. The van der Waals surface area contributed by atoms with Crippen LogP contribution >= 0.6 is 15.2 Å². The van der Waals surface area contributed by atoms with Gasteiger partial charge in [-0.2, -0.15) is 0 Å². The Morgan fingerprint density at radius 3 is 1.66 bits per heavy atom. The monoisotopic (exact) mass is 908 g/mol. The summed E-state index contributed by atoms with van der Waals surface area (Å²) in [7, 11) is -6.76. The number of aromatic hydroxyl groups is 1. The molecule has 0 spiro atoms. The number of nitrogen functional groups attached to an aromatic ring is 2. The summed E-state index contributed by atoms with van der Waals surface area (Å²) < 4.78 is 56.6. The van der Waals surface area contributed by atoms with Crippen molar-refractivity contribution in [2.75, 3.05) is 63.4 Å². The van der Waals surface area contributed by atoms with Gasteiger partial charge in [-0.15, -0.1) is 0 Å². The van der Waals surface area contributed by atoms with Gasteiger partial charge in [0, 0.05) is 41.2 Å². The number of benzene rings is 3. The number of nitro benzene ring substituents is 1. The van der Waals surface area contributed by atoms with Gasteiger partial charge in [-0.05, 0) is 84.3 Å². The third-order valence-electron chi connectivity index (χ3n) is 7.63. The number of nitrogens with two attached hydrogens (primary N) is 2. The minimum atomic E-state index is -3.07. The van der Waals surface area contributed by atoms with Crippen molar-refractivity contribution in [3.05, 3.63) is 106 Å². The number of phenolic OH excluding ortho intramolecular Hbond substituents is 1. The Labute approximate surface area is 362 Å². The molecule has 3 rings (SSSR count). The van der Waals surface area contributed by atoms with Crippen LogP contribution in [-0.2, 0) is 27.2 Å². The number of hydrogen-bond donors (Lipinski definition) is 6. The molecule has 0 radical (unpaired) electrons. The van der Waals surface area contributed by atoms with Crippen molar-refractivity contribution in [1.82, 2.24) is 5.23 Å². The van der Waals surface area contributed by atoms with E-state index in [1.54, 1.807) is 83.1 Å². The lowest BCUT2D eigenvalue weighted by atomic mass is 9.86. The third kappa shape index (κ3) is 22.2. The van der Waals surface area contributed by atoms with E-state index in [9.17, 15) is 33.9 Å². The van der Waals surface area contributed by atoms with Gasteiger partial charge in [0.2, 0.25) is 0 Å².